The predicted octanol–water partition coefficient (Wildman–Crippen LogP) is 3.50. The molecule has 3 nitrogen and oxygen atoms in total. The van der Waals surface area contributed by atoms with Crippen molar-refractivity contribution in [3.05, 3.63) is 46.3 Å². The van der Waals surface area contributed by atoms with Crippen LogP contribution in [0.3, 0.4) is 0 Å². The standard InChI is InChI=1S/C17H20N2OS/c1-13-4-3-5-16(14(13)2)18-8-10-19(11-9-18)17-7-6-15(12-20)21-17/h3-7,12H,8-11H2,1-2H3. The van der Waals surface area contributed by atoms with E-state index in [2.05, 4.69) is 47.9 Å². The van der Waals surface area contributed by atoms with E-state index < -0.39 is 0 Å². The molecule has 0 aliphatic carbocycles. The summed E-state index contributed by atoms with van der Waals surface area (Å²) in [7, 11) is 0. The molecule has 21 heavy (non-hydrogen) atoms. The van der Waals surface area contributed by atoms with Crippen LogP contribution < -0.4 is 9.80 Å². The number of hydrogen-bond acceptors (Lipinski definition) is 4. The topological polar surface area (TPSA) is 23.6 Å². The zero-order chi connectivity index (χ0) is 14.8. The molecule has 0 amide bonds. The Labute approximate surface area is 129 Å². The molecular weight excluding hydrogens is 280 g/mol. The molecule has 0 N–H and O–H groups in total. The fraction of sp³-hybridized carbons (Fsp3) is 0.353. The van der Waals surface area contributed by atoms with Crippen LogP contribution in [0, 0.1) is 13.8 Å². The zero-order valence-corrected chi connectivity index (χ0v) is 13.3. The SMILES string of the molecule is Cc1cccc(N2CCN(c3ccc(C=O)s3)CC2)c1C. The van der Waals surface area contributed by atoms with E-state index in [4.69, 9.17) is 0 Å². The first kappa shape index (κ1) is 14.1. The van der Waals surface area contributed by atoms with Gasteiger partial charge in [-0.3, -0.25) is 4.79 Å². The summed E-state index contributed by atoms with van der Waals surface area (Å²) in [6, 6.07) is 10.5. The first-order chi connectivity index (χ1) is 10.2. The molecule has 1 saturated heterocycles. The maximum absolute atomic E-state index is 10.8. The second kappa shape index (κ2) is 5.90. The van der Waals surface area contributed by atoms with Crippen LogP contribution >= 0.6 is 11.3 Å². The Morgan fingerprint density at radius 1 is 1.00 bits per heavy atom. The second-order valence-electron chi connectivity index (χ2n) is 5.49. The Bertz CT molecular complexity index is 642. The second-order valence-corrected chi connectivity index (χ2v) is 6.58. The minimum absolute atomic E-state index is 0.807. The summed E-state index contributed by atoms with van der Waals surface area (Å²) in [6.07, 6.45) is 0.931. The lowest BCUT2D eigenvalue weighted by Crippen LogP contribution is -2.46. The van der Waals surface area contributed by atoms with Gasteiger partial charge in [0.15, 0.2) is 6.29 Å². The molecule has 4 heteroatoms. The van der Waals surface area contributed by atoms with Crippen LogP contribution in [0.5, 0.6) is 0 Å². The number of anilines is 2. The number of thiophene rings is 1. The van der Waals surface area contributed by atoms with Crippen molar-refractivity contribution in [1.82, 2.24) is 0 Å². The molecule has 1 aromatic heterocycles. The number of carbonyl (C=O) groups excluding carboxylic acids is 1. The Balaban J connectivity index is 1.70. The Kier molecular flexibility index (Phi) is 3.97. The molecule has 110 valence electrons. The largest absolute Gasteiger partial charge is 0.368 e. The summed E-state index contributed by atoms with van der Waals surface area (Å²) in [4.78, 5) is 16.4. The summed E-state index contributed by atoms with van der Waals surface area (Å²) in [5.41, 5.74) is 4.09. The van der Waals surface area contributed by atoms with Gasteiger partial charge in [-0.2, -0.15) is 0 Å². The van der Waals surface area contributed by atoms with Gasteiger partial charge in [0, 0.05) is 31.9 Å². The third-order valence-corrected chi connectivity index (χ3v) is 5.31. The molecule has 3 rings (SSSR count). The average Bonchev–Trinajstić information content (AvgIpc) is 2.99. The van der Waals surface area contributed by atoms with Gasteiger partial charge in [-0.15, -0.1) is 11.3 Å². The van der Waals surface area contributed by atoms with Gasteiger partial charge in [0.05, 0.1) is 9.88 Å². The smallest absolute Gasteiger partial charge is 0.160 e. The molecule has 1 aromatic carbocycles. The van der Waals surface area contributed by atoms with E-state index in [9.17, 15) is 4.79 Å². The number of benzene rings is 1. The zero-order valence-electron chi connectivity index (χ0n) is 12.5. The molecule has 2 aromatic rings. The van der Waals surface area contributed by atoms with Crippen molar-refractivity contribution >= 4 is 28.3 Å². The highest BCUT2D eigenvalue weighted by Crippen LogP contribution is 2.28. The summed E-state index contributed by atoms with van der Waals surface area (Å²) in [5.74, 6) is 0. The number of nitrogens with zero attached hydrogens (tertiary/aromatic N) is 2. The van der Waals surface area contributed by atoms with E-state index in [0.29, 0.717) is 0 Å². The molecule has 0 radical (unpaired) electrons. The van der Waals surface area contributed by atoms with E-state index in [-0.39, 0.29) is 0 Å². The van der Waals surface area contributed by atoms with Crippen molar-refractivity contribution in [1.29, 1.82) is 0 Å². The van der Waals surface area contributed by atoms with Crippen molar-refractivity contribution in [3.8, 4) is 0 Å². The highest BCUT2D eigenvalue weighted by molar-refractivity contribution is 7.17. The van der Waals surface area contributed by atoms with Gasteiger partial charge < -0.3 is 9.80 Å². The van der Waals surface area contributed by atoms with Crippen molar-refractivity contribution in [3.63, 3.8) is 0 Å². The van der Waals surface area contributed by atoms with E-state index in [0.717, 1.165) is 37.3 Å². The number of aryl methyl sites for hydroxylation is 1. The monoisotopic (exact) mass is 300 g/mol. The molecule has 1 aliphatic heterocycles. The third kappa shape index (κ3) is 2.81. The highest BCUT2D eigenvalue weighted by atomic mass is 32.1. The van der Waals surface area contributed by atoms with Crippen LogP contribution in [0.4, 0.5) is 10.7 Å². The highest BCUT2D eigenvalue weighted by Gasteiger charge is 2.19. The van der Waals surface area contributed by atoms with Gasteiger partial charge >= 0.3 is 0 Å². The Morgan fingerprint density at radius 2 is 1.71 bits per heavy atom. The molecule has 1 aliphatic rings. The Hall–Kier alpha value is -1.81. The van der Waals surface area contributed by atoms with Gasteiger partial charge in [-0.1, -0.05) is 12.1 Å². The molecule has 2 heterocycles. The van der Waals surface area contributed by atoms with E-state index >= 15 is 0 Å². The van der Waals surface area contributed by atoms with Crippen molar-refractivity contribution < 1.29 is 4.79 Å². The van der Waals surface area contributed by atoms with Gasteiger partial charge in [0.2, 0.25) is 0 Å². The lowest BCUT2D eigenvalue weighted by atomic mass is 10.1. The summed E-state index contributed by atoms with van der Waals surface area (Å²) in [5, 5.41) is 1.21. The molecule has 1 fully saturated rings. The lowest BCUT2D eigenvalue weighted by Gasteiger charge is -2.37. The van der Waals surface area contributed by atoms with Crippen molar-refractivity contribution in [2.75, 3.05) is 36.0 Å². The minimum atomic E-state index is 0.807. The number of rotatable bonds is 3. The van der Waals surface area contributed by atoms with Gasteiger partial charge in [-0.25, -0.2) is 0 Å². The van der Waals surface area contributed by atoms with E-state index in [1.807, 2.05) is 6.07 Å². The van der Waals surface area contributed by atoms with Crippen LogP contribution in [0.15, 0.2) is 30.3 Å². The van der Waals surface area contributed by atoms with Gasteiger partial charge in [-0.05, 0) is 43.2 Å². The van der Waals surface area contributed by atoms with Gasteiger partial charge in [0.1, 0.15) is 0 Å². The number of aldehydes is 1. The predicted molar refractivity (Wildman–Crippen MR) is 90.0 cm³/mol. The number of hydrogen-bond donors (Lipinski definition) is 0. The number of piperazine rings is 1. The maximum Gasteiger partial charge on any atom is 0.160 e. The van der Waals surface area contributed by atoms with Gasteiger partial charge in [0.25, 0.3) is 0 Å². The lowest BCUT2D eigenvalue weighted by molar-refractivity contribution is 0.112. The molecular formula is C17H20N2OS. The molecule has 0 atom stereocenters. The third-order valence-electron chi connectivity index (χ3n) is 4.24. The molecule has 0 bridgehead atoms. The maximum atomic E-state index is 10.8. The van der Waals surface area contributed by atoms with Crippen molar-refractivity contribution in [2.24, 2.45) is 0 Å². The van der Waals surface area contributed by atoms with Crippen LogP contribution in [-0.4, -0.2) is 32.5 Å². The molecule has 0 spiro atoms. The molecule has 0 saturated carbocycles. The fourth-order valence-electron chi connectivity index (χ4n) is 2.82. The first-order valence-electron chi connectivity index (χ1n) is 7.30. The normalized spacial score (nSPS) is 15.3. The van der Waals surface area contributed by atoms with Crippen LogP contribution in [0.25, 0.3) is 0 Å². The first-order valence-corrected chi connectivity index (χ1v) is 8.12. The van der Waals surface area contributed by atoms with Crippen LogP contribution in [-0.2, 0) is 0 Å². The van der Waals surface area contributed by atoms with E-state index in [1.54, 1.807) is 11.3 Å². The fourth-order valence-corrected chi connectivity index (χ4v) is 3.69. The summed E-state index contributed by atoms with van der Waals surface area (Å²) in [6.45, 7) is 8.43. The average molecular weight is 300 g/mol. The Morgan fingerprint density at radius 3 is 2.38 bits per heavy atom. The van der Waals surface area contributed by atoms with E-state index in [1.165, 1.54) is 21.8 Å². The summed E-state index contributed by atoms with van der Waals surface area (Å²) < 4.78 is 0. The van der Waals surface area contributed by atoms with Crippen LogP contribution in [0.2, 0.25) is 0 Å². The quantitative estimate of drug-likeness (QED) is 0.811. The van der Waals surface area contributed by atoms with Crippen molar-refractivity contribution in [2.45, 2.75) is 13.8 Å². The minimum Gasteiger partial charge on any atom is -0.368 e. The molecule has 0 unspecified atom stereocenters. The summed E-state index contributed by atoms with van der Waals surface area (Å²) >= 11 is 1.58. The van der Waals surface area contributed by atoms with Crippen LogP contribution in [0.1, 0.15) is 20.8 Å². The number of carbonyl (C=O) groups is 1.